The van der Waals surface area contributed by atoms with Crippen molar-refractivity contribution in [1.29, 1.82) is 0 Å². The molecule has 7 heteroatoms. The molecule has 0 atom stereocenters. The molecule has 0 aliphatic rings. The zero-order valence-corrected chi connectivity index (χ0v) is 11.7. The van der Waals surface area contributed by atoms with Gasteiger partial charge in [-0.25, -0.2) is 0 Å². The predicted molar refractivity (Wildman–Crippen MR) is 72.5 cm³/mol. The van der Waals surface area contributed by atoms with Gasteiger partial charge in [-0.2, -0.15) is 4.68 Å². The highest BCUT2D eigenvalue weighted by molar-refractivity contribution is 6.32. The molecule has 0 radical (unpaired) electrons. The molecular formula is C12H16ClN5O. The summed E-state index contributed by atoms with van der Waals surface area (Å²) >= 11 is 6.19. The lowest BCUT2D eigenvalue weighted by molar-refractivity contribution is 0.199. The van der Waals surface area contributed by atoms with E-state index in [0.717, 1.165) is 17.8 Å². The Morgan fingerprint density at radius 1 is 1.42 bits per heavy atom. The first-order valence-corrected chi connectivity index (χ1v) is 6.33. The zero-order valence-electron chi connectivity index (χ0n) is 10.9. The van der Waals surface area contributed by atoms with Crippen molar-refractivity contribution >= 4 is 11.6 Å². The van der Waals surface area contributed by atoms with E-state index in [9.17, 15) is 0 Å². The van der Waals surface area contributed by atoms with Crippen LogP contribution in [0.3, 0.4) is 0 Å². The van der Waals surface area contributed by atoms with Crippen LogP contribution in [-0.4, -0.2) is 40.5 Å². The van der Waals surface area contributed by atoms with E-state index < -0.39 is 0 Å². The van der Waals surface area contributed by atoms with Crippen molar-refractivity contribution < 1.29 is 4.74 Å². The molecule has 2 rings (SSSR count). The van der Waals surface area contributed by atoms with E-state index in [1.807, 2.05) is 25.1 Å². The smallest absolute Gasteiger partial charge is 0.170 e. The maximum atomic E-state index is 6.19. The van der Waals surface area contributed by atoms with E-state index in [0.29, 0.717) is 24.0 Å². The van der Waals surface area contributed by atoms with Crippen LogP contribution >= 0.6 is 11.6 Å². The van der Waals surface area contributed by atoms with E-state index >= 15 is 0 Å². The standard InChI is InChI=1S/C12H16ClN5O/c1-9-3-4-10(13)11(7-9)18-12(15-16-17-18)8-14-5-6-19-2/h3-4,7,14H,5-6,8H2,1-2H3. The number of aromatic nitrogens is 4. The van der Waals surface area contributed by atoms with Gasteiger partial charge >= 0.3 is 0 Å². The highest BCUT2D eigenvalue weighted by atomic mass is 35.5. The number of ether oxygens (including phenoxy) is 1. The van der Waals surface area contributed by atoms with Gasteiger partial charge in [-0.1, -0.05) is 17.7 Å². The summed E-state index contributed by atoms with van der Waals surface area (Å²) in [6.07, 6.45) is 0. The molecule has 102 valence electrons. The fraction of sp³-hybridized carbons (Fsp3) is 0.417. The van der Waals surface area contributed by atoms with E-state index in [4.69, 9.17) is 16.3 Å². The van der Waals surface area contributed by atoms with Crippen LogP contribution in [0.15, 0.2) is 18.2 Å². The lowest BCUT2D eigenvalue weighted by Crippen LogP contribution is -2.21. The molecule has 19 heavy (non-hydrogen) atoms. The highest BCUT2D eigenvalue weighted by Gasteiger charge is 2.11. The van der Waals surface area contributed by atoms with Crippen LogP contribution in [0.4, 0.5) is 0 Å². The molecular weight excluding hydrogens is 266 g/mol. The van der Waals surface area contributed by atoms with Crippen molar-refractivity contribution in [3.63, 3.8) is 0 Å². The molecule has 0 saturated heterocycles. The summed E-state index contributed by atoms with van der Waals surface area (Å²) in [5, 5.41) is 15.5. The summed E-state index contributed by atoms with van der Waals surface area (Å²) in [5.41, 5.74) is 1.89. The minimum absolute atomic E-state index is 0.556. The molecule has 0 spiro atoms. The zero-order chi connectivity index (χ0) is 13.7. The van der Waals surface area contributed by atoms with Gasteiger partial charge in [0, 0.05) is 13.7 Å². The van der Waals surface area contributed by atoms with E-state index in [1.165, 1.54) is 0 Å². The molecule has 0 unspecified atom stereocenters. The van der Waals surface area contributed by atoms with Gasteiger partial charge in [0.05, 0.1) is 23.9 Å². The molecule has 2 aromatic rings. The van der Waals surface area contributed by atoms with Gasteiger partial charge in [-0.15, -0.1) is 5.10 Å². The van der Waals surface area contributed by atoms with Crippen LogP contribution in [0.25, 0.3) is 5.69 Å². The topological polar surface area (TPSA) is 64.9 Å². The van der Waals surface area contributed by atoms with Crippen LogP contribution in [-0.2, 0) is 11.3 Å². The Kier molecular flexibility index (Phi) is 4.84. The summed E-state index contributed by atoms with van der Waals surface area (Å²) < 4.78 is 6.62. The normalized spacial score (nSPS) is 10.9. The molecule has 0 aliphatic carbocycles. The monoisotopic (exact) mass is 281 g/mol. The highest BCUT2D eigenvalue weighted by Crippen LogP contribution is 2.21. The third-order valence-electron chi connectivity index (χ3n) is 2.63. The fourth-order valence-electron chi connectivity index (χ4n) is 1.66. The van der Waals surface area contributed by atoms with Crippen LogP contribution in [0.2, 0.25) is 5.02 Å². The summed E-state index contributed by atoms with van der Waals surface area (Å²) in [5.74, 6) is 0.712. The number of hydrogen-bond donors (Lipinski definition) is 1. The molecule has 6 nitrogen and oxygen atoms in total. The molecule has 0 bridgehead atoms. The first-order chi connectivity index (χ1) is 9.22. The Morgan fingerprint density at radius 2 is 2.26 bits per heavy atom. The molecule has 0 saturated carbocycles. The summed E-state index contributed by atoms with van der Waals surface area (Å²) in [7, 11) is 1.66. The minimum Gasteiger partial charge on any atom is -0.383 e. The average molecular weight is 282 g/mol. The van der Waals surface area contributed by atoms with Crippen LogP contribution in [0.5, 0.6) is 0 Å². The van der Waals surface area contributed by atoms with E-state index in [-0.39, 0.29) is 0 Å². The van der Waals surface area contributed by atoms with Crippen molar-refractivity contribution in [1.82, 2.24) is 25.5 Å². The molecule has 1 aromatic heterocycles. The Morgan fingerprint density at radius 3 is 3.05 bits per heavy atom. The second-order valence-corrected chi connectivity index (χ2v) is 4.54. The molecule has 1 heterocycles. The van der Waals surface area contributed by atoms with Crippen LogP contribution < -0.4 is 5.32 Å². The second-order valence-electron chi connectivity index (χ2n) is 4.13. The molecule has 0 fully saturated rings. The third kappa shape index (κ3) is 3.50. The first kappa shape index (κ1) is 13.9. The number of tetrazole rings is 1. The Bertz CT molecular complexity index is 543. The molecule has 0 aliphatic heterocycles. The van der Waals surface area contributed by atoms with Gasteiger partial charge in [0.2, 0.25) is 0 Å². The number of benzene rings is 1. The third-order valence-corrected chi connectivity index (χ3v) is 2.95. The van der Waals surface area contributed by atoms with Gasteiger partial charge < -0.3 is 10.1 Å². The van der Waals surface area contributed by atoms with Gasteiger partial charge in [0.25, 0.3) is 0 Å². The second kappa shape index (κ2) is 6.60. The number of halogens is 1. The lowest BCUT2D eigenvalue weighted by Gasteiger charge is -2.08. The quantitative estimate of drug-likeness (QED) is 0.810. The van der Waals surface area contributed by atoms with Crippen molar-refractivity contribution in [3.8, 4) is 5.69 Å². The fourth-order valence-corrected chi connectivity index (χ4v) is 1.86. The number of methoxy groups -OCH3 is 1. The van der Waals surface area contributed by atoms with Crippen molar-refractivity contribution in [3.05, 3.63) is 34.6 Å². The Hall–Kier alpha value is -1.50. The number of nitrogens with zero attached hydrogens (tertiary/aromatic N) is 4. The summed E-state index contributed by atoms with van der Waals surface area (Å²) in [6, 6.07) is 5.75. The van der Waals surface area contributed by atoms with Crippen LogP contribution in [0.1, 0.15) is 11.4 Å². The molecule has 1 aromatic carbocycles. The lowest BCUT2D eigenvalue weighted by atomic mass is 10.2. The van der Waals surface area contributed by atoms with E-state index in [2.05, 4.69) is 20.8 Å². The number of nitrogens with one attached hydrogen (secondary N) is 1. The Balaban J connectivity index is 2.16. The van der Waals surface area contributed by atoms with Gasteiger partial charge in [0.15, 0.2) is 5.82 Å². The predicted octanol–water partition coefficient (Wildman–Crippen LogP) is 1.36. The molecule has 1 N–H and O–H groups in total. The maximum Gasteiger partial charge on any atom is 0.170 e. The van der Waals surface area contributed by atoms with Gasteiger partial charge in [-0.05, 0) is 35.0 Å². The number of hydrogen-bond acceptors (Lipinski definition) is 5. The maximum absolute atomic E-state index is 6.19. The van der Waals surface area contributed by atoms with Crippen molar-refractivity contribution in [2.75, 3.05) is 20.3 Å². The van der Waals surface area contributed by atoms with E-state index in [1.54, 1.807) is 11.8 Å². The van der Waals surface area contributed by atoms with Crippen molar-refractivity contribution in [2.24, 2.45) is 0 Å². The Labute approximate surface area is 116 Å². The summed E-state index contributed by atoms with van der Waals surface area (Å²) in [6.45, 7) is 3.94. The van der Waals surface area contributed by atoms with Gasteiger partial charge in [-0.3, -0.25) is 0 Å². The SMILES string of the molecule is COCCNCc1nnnn1-c1cc(C)ccc1Cl. The summed E-state index contributed by atoms with van der Waals surface area (Å²) in [4.78, 5) is 0. The molecule has 0 amide bonds. The largest absolute Gasteiger partial charge is 0.383 e. The first-order valence-electron chi connectivity index (χ1n) is 5.96. The number of aryl methyl sites for hydroxylation is 1. The van der Waals surface area contributed by atoms with Gasteiger partial charge in [0.1, 0.15) is 0 Å². The van der Waals surface area contributed by atoms with Crippen molar-refractivity contribution in [2.45, 2.75) is 13.5 Å². The average Bonchev–Trinajstić information content (AvgIpc) is 2.86. The number of rotatable bonds is 6. The van der Waals surface area contributed by atoms with Crippen LogP contribution in [0, 0.1) is 6.92 Å². The minimum atomic E-state index is 0.556.